The Labute approximate surface area is 190 Å². The second kappa shape index (κ2) is 8.70. The first-order valence-corrected chi connectivity index (χ1v) is 10.1. The van der Waals surface area contributed by atoms with Crippen molar-refractivity contribution >= 4 is 29.3 Å². The zero-order valence-electron chi connectivity index (χ0n) is 17.4. The van der Waals surface area contributed by atoms with E-state index in [1.807, 2.05) is 13.0 Å². The van der Waals surface area contributed by atoms with Crippen molar-refractivity contribution in [2.75, 3.05) is 6.61 Å². The number of pyridine rings is 1. The molecule has 4 aromatic rings. The monoisotopic (exact) mass is 476 g/mol. The predicted octanol–water partition coefficient (Wildman–Crippen LogP) is 5.61. The quantitative estimate of drug-likeness (QED) is 0.275. The molecule has 0 fully saturated rings. The standard InChI is InChI=1S/C22H16ClF3N4O3/c1-3-32-18(31)7-5-13-4-6-15(12(2)8-13)19-28-21(33-29-19)17-11-30-10-14(22(24,25)26)9-16(23)20(30)27-17/h4-11H,3H2,1-2H3. The minimum absolute atomic E-state index is 0.0315. The van der Waals surface area contributed by atoms with Crippen LogP contribution in [0.2, 0.25) is 5.02 Å². The molecule has 0 aliphatic heterocycles. The number of hydrogen-bond acceptors (Lipinski definition) is 6. The van der Waals surface area contributed by atoms with Gasteiger partial charge in [0.2, 0.25) is 5.82 Å². The van der Waals surface area contributed by atoms with Crippen LogP contribution in [0.1, 0.15) is 23.6 Å². The first-order valence-electron chi connectivity index (χ1n) is 9.71. The van der Waals surface area contributed by atoms with Crippen LogP contribution >= 0.6 is 11.6 Å². The van der Waals surface area contributed by atoms with Crippen LogP contribution in [0.4, 0.5) is 13.2 Å². The summed E-state index contributed by atoms with van der Waals surface area (Å²) in [7, 11) is 0. The molecule has 0 atom stereocenters. The number of hydrogen-bond donors (Lipinski definition) is 0. The van der Waals surface area contributed by atoms with Gasteiger partial charge in [0.15, 0.2) is 5.65 Å². The Morgan fingerprint density at radius 3 is 2.73 bits per heavy atom. The number of nitrogens with zero attached hydrogens (tertiary/aromatic N) is 4. The number of benzene rings is 1. The lowest BCUT2D eigenvalue weighted by Crippen LogP contribution is -2.06. The Bertz CT molecular complexity index is 1380. The van der Waals surface area contributed by atoms with Crippen LogP contribution in [0.5, 0.6) is 0 Å². The third kappa shape index (κ3) is 4.75. The predicted molar refractivity (Wildman–Crippen MR) is 114 cm³/mol. The van der Waals surface area contributed by atoms with Gasteiger partial charge in [-0.1, -0.05) is 35.0 Å². The van der Waals surface area contributed by atoms with Crippen molar-refractivity contribution in [3.8, 4) is 23.0 Å². The number of fused-ring (bicyclic) bond motifs is 1. The Morgan fingerprint density at radius 1 is 1.24 bits per heavy atom. The van der Waals surface area contributed by atoms with Gasteiger partial charge in [-0.2, -0.15) is 18.2 Å². The van der Waals surface area contributed by atoms with Crippen LogP contribution in [-0.4, -0.2) is 32.1 Å². The molecule has 4 rings (SSSR count). The average Bonchev–Trinajstić information content (AvgIpc) is 3.39. The van der Waals surface area contributed by atoms with E-state index < -0.39 is 17.7 Å². The van der Waals surface area contributed by atoms with Crippen molar-refractivity contribution in [1.82, 2.24) is 19.5 Å². The van der Waals surface area contributed by atoms with Crippen LogP contribution < -0.4 is 0 Å². The lowest BCUT2D eigenvalue weighted by Gasteiger charge is -2.07. The van der Waals surface area contributed by atoms with Crippen LogP contribution in [0.15, 0.2) is 47.3 Å². The maximum Gasteiger partial charge on any atom is 0.417 e. The summed E-state index contributed by atoms with van der Waals surface area (Å²) in [5.74, 6) is -0.122. The Hall–Kier alpha value is -3.66. The third-order valence-electron chi connectivity index (χ3n) is 4.67. The average molecular weight is 477 g/mol. The number of aryl methyl sites for hydroxylation is 1. The number of carbonyl (C=O) groups is 1. The number of imidazole rings is 1. The number of esters is 1. The van der Waals surface area contributed by atoms with E-state index in [-0.39, 0.29) is 28.1 Å². The van der Waals surface area contributed by atoms with E-state index in [4.69, 9.17) is 20.9 Å². The second-order valence-electron chi connectivity index (χ2n) is 7.01. The van der Waals surface area contributed by atoms with Crippen molar-refractivity contribution in [1.29, 1.82) is 0 Å². The molecular weight excluding hydrogens is 461 g/mol. The summed E-state index contributed by atoms with van der Waals surface area (Å²) in [5.41, 5.74) is 1.70. The van der Waals surface area contributed by atoms with Gasteiger partial charge in [-0.15, -0.1) is 0 Å². The zero-order chi connectivity index (χ0) is 23.8. The summed E-state index contributed by atoms with van der Waals surface area (Å²) in [6.45, 7) is 3.87. The fraction of sp³-hybridized carbons (Fsp3) is 0.182. The van der Waals surface area contributed by atoms with Gasteiger partial charge < -0.3 is 13.7 Å². The first-order chi connectivity index (χ1) is 15.7. The van der Waals surface area contributed by atoms with Gasteiger partial charge >= 0.3 is 12.1 Å². The minimum Gasteiger partial charge on any atom is -0.463 e. The molecule has 0 amide bonds. The molecule has 0 spiro atoms. The summed E-state index contributed by atoms with van der Waals surface area (Å²) < 4.78 is 50.4. The Morgan fingerprint density at radius 2 is 2.03 bits per heavy atom. The highest BCUT2D eigenvalue weighted by Gasteiger charge is 2.32. The highest BCUT2D eigenvalue weighted by molar-refractivity contribution is 6.33. The van der Waals surface area contributed by atoms with Crippen molar-refractivity contribution in [3.05, 3.63) is 64.4 Å². The molecule has 3 heterocycles. The number of carbonyl (C=O) groups excluding carboxylic acids is 1. The van der Waals surface area contributed by atoms with Gasteiger partial charge in [0.05, 0.1) is 17.2 Å². The van der Waals surface area contributed by atoms with Crippen molar-refractivity contribution in [3.63, 3.8) is 0 Å². The number of ether oxygens (including phenoxy) is 1. The smallest absolute Gasteiger partial charge is 0.417 e. The summed E-state index contributed by atoms with van der Waals surface area (Å²) in [6, 6.07) is 6.20. The van der Waals surface area contributed by atoms with E-state index in [0.717, 1.165) is 23.4 Å². The van der Waals surface area contributed by atoms with E-state index in [9.17, 15) is 18.0 Å². The first kappa shape index (κ1) is 22.5. The second-order valence-corrected chi connectivity index (χ2v) is 7.42. The molecule has 0 radical (unpaired) electrons. The molecular formula is C22H16ClF3N4O3. The molecule has 0 unspecified atom stereocenters. The molecule has 0 saturated heterocycles. The lowest BCUT2D eigenvalue weighted by atomic mass is 10.0. The van der Waals surface area contributed by atoms with Crippen LogP contribution in [-0.2, 0) is 15.7 Å². The largest absolute Gasteiger partial charge is 0.463 e. The lowest BCUT2D eigenvalue weighted by molar-refractivity contribution is -0.138. The Kier molecular flexibility index (Phi) is 5.94. The Balaban J connectivity index is 1.62. The van der Waals surface area contributed by atoms with Crippen molar-refractivity contribution in [2.24, 2.45) is 0 Å². The van der Waals surface area contributed by atoms with Gasteiger partial charge in [-0.3, -0.25) is 0 Å². The molecule has 0 N–H and O–H groups in total. The van der Waals surface area contributed by atoms with Crippen molar-refractivity contribution in [2.45, 2.75) is 20.0 Å². The number of halogens is 4. The maximum atomic E-state index is 13.0. The van der Waals surface area contributed by atoms with Gasteiger partial charge in [-0.05, 0) is 37.1 Å². The van der Waals surface area contributed by atoms with Crippen LogP contribution in [0.3, 0.4) is 0 Å². The summed E-state index contributed by atoms with van der Waals surface area (Å²) in [5, 5.41) is 3.81. The highest BCUT2D eigenvalue weighted by atomic mass is 35.5. The molecule has 33 heavy (non-hydrogen) atoms. The van der Waals surface area contributed by atoms with Gasteiger partial charge in [-0.25, -0.2) is 9.78 Å². The van der Waals surface area contributed by atoms with E-state index >= 15 is 0 Å². The zero-order valence-corrected chi connectivity index (χ0v) is 18.1. The minimum atomic E-state index is -4.55. The maximum absolute atomic E-state index is 13.0. The normalized spacial score (nSPS) is 12.1. The molecule has 0 aliphatic rings. The highest BCUT2D eigenvalue weighted by Crippen LogP contribution is 2.33. The summed E-state index contributed by atoms with van der Waals surface area (Å²) in [6.07, 6.45) is 0.649. The molecule has 170 valence electrons. The summed E-state index contributed by atoms with van der Waals surface area (Å²) in [4.78, 5) is 20.0. The van der Waals surface area contributed by atoms with E-state index in [1.54, 1.807) is 25.1 Å². The molecule has 11 heteroatoms. The van der Waals surface area contributed by atoms with Crippen LogP contribution in [0.25, 0.3) is 34.7 Å². The fourth-order valence-corrected chi connectivity index (χ4v) is 3.41. The van der Waals surface area contributed by atoms with E-state index in [2.05, 4.69) is 15.1 Å². The number of alkyl halides is 3. The van der Waals surface area contributed by atoms with Gasteiger partial charge in [0, 0.05) is 24.0 Å². The SMILES string of the molecule is CCOC(=O)C=Cc1ccc(-c2noc(-c3cn4cc(C(F)(F)F)cc(Cl)c4n3)n2)c(C)c1. The number of aromatic nitrogens is 4. The van der Waals surface area contributed by atoms with Gasteiger partial charge in [0.1, 0.15) is 5.69 Å². The van der Waals surface area contributed by atoms with E-state index in [0.29, 0.717) is 12.2 Å². The number of rotatable bonds is 5. The molecule has 7 nitrogen and oxygen atoms in total. The fourth-order valence-electron chi connectivity index (χ4n) is 3.15. The molecule has 3 aromatic heterocycles. The van der Waals surface area contributed by atoms with E-state index in [1.165, 1.54) is 16.7 Å². The van der Waals surface area contributed by atoms with Crippen LogP contribution in [0, 0.1) is 6.92 Å². The molecule has 0 bridgehead atoms. The van der Waals surface area contributed by atoms with Crippen molar-refractivity contribution < 1.29 is 27.2 Å². The molecule has 1 aromatic carbocycles. The molecule has 0 saturated carbocycles. The molecule has 0 aliphatic carbocycles. The third-order valence-corrected chi connectivity index (χ3v) is 4.95. The van der Waals surface area contributed by atoms with Gasteiger partial charge in [0.25, 0.3) is 5.89 Å². The summed E-state index contributed by atoms with van der Waals surface area (Å²) >= 11 is 5.98. The topological polar surface area (TPSA) is 82.5 Å².